The first kappa shape index (κ1) is 12.1. The van der Waals surface area contributed by atoms with Crippen LogP contribution in [0.3, 0.4) is 0 Å². The SMILES string of the molecule is CN(C(=O)c1nccc2ccccc12)C1CCNC1. The van der Waals surface area contributed by atoms with Crippen LogP contribution in [0.2, 0.25) is 0 Å². The quantitative estimate of drug-likeness (QED) is 0.888. The van der Waals surface area contributed by atoms with Crippen molar-refractivity contribution in [1.82, 2.24) is 15.2 Å². The number of amides is 1. The Bertz CT molecular complexity index is 600. The molecule has 4 heteroatoms. The summed E-state index contributed by atoms with van der Waals surface area (Å²) in [6.45, 7) is 1.85. The van der Waals surface area contributed by atoms with Gasteiger partial charge in [0.2, 0.25) is 0 Å². The molecule has 1 amide bonds. The number of nitrogens with zero attached hydrogens (tertiary/aromatic N) is 2. The summed E-state index contributed by atoms with van der Waals surface area (Å²) in [6.07, 6.45) is 2.71. The second-order valence-corrected chi connectivity index (χ2v) is 4.94. The Kier molecular flexibility index (Phi) is 3.17. The van der Waals surface area contributed by atoms with E-state index in [0.29, 0.717) is 5.69 Å². The maximum atomic E-state index is 12.6. The van der Waals surface area contributed by atoms with Crippen molar-refractivity contribution >= 4 is 16.7 Å². The van der Waals surface area contributed by atoms with Gasteiger partial charge in [0.05, 0.1) is 0 Å². The molecule has 1 N–H and O–H groups in total. The van der Waals surface area contributed by atoms with Crippen molar-refractivity contribution in [3.8, 4) is 0 Å². The van der Waals surface area contributed by atoms with Crippen LogP contribution in [0.15, 0.2) is 36.5 Å². The fraction of sp³-hybridized carbons (Fsp3) is 0.333. The fourth-order valence-corrected chi connectivity index (χ4v) is 2.59. The lowest BCUT2D eigenvalue weighted by Gasteiger charge is -2.23. The Labute approximate surface area is 112 Å². The monoisotopic (exact) mass is 255 g/mol. The summed E-state index contributed by atoms with van der Waals surface area (Å²) in [5.41, 5.74) is 0.549. The maximum absolute atomic E-state index is 12.6. The second-order valence-electron chi connectivity index (χ2n) is 4.94. The molecule has 2 heterocycles. The van der Waals surface area contributed by atoms with Gasteiger partial charge in [0, 0.05) is 31.2 Å². The molecule has 1 unspecified atom stereocenters. The van der Waals surface area contributed by atoms with Crippen molar-refractivity contribution in [2.45, 2.75) is 12.5 Å². The number of rotatable bonds is 2. The van der Waals surface area contributed by atoms with Crippen LogP contribution < -0.4 is 5.32 Å². The summed E-state index contributed by atoms with van der Waals surface area (Å²) in [4.78, 5) is 18.7. The minimum atomic E-state index is 0.00509. The summed E-state index contributed by atoms with van der Waals surface area (Å²) in [5.74, 6) is 0.00509. The van der Waals surface area contributed by atoms with Crippen molar-refractivity contribution in [1.29, 1.82) is 0 Å². The molecule has 0 radical (unpaired) electrons. The van der Waals surface area contributed by atoms with E-state index in [9.17, 15) is 4.79 Å². The van der Waals surface area contributed by atoms with E-state index in [2.05, 4.69) is 10.3 Å². The number of hydrogen-bond donors (Lipinski definition) is 1. The third-order valence-corrected chi connectivity index (χ3v) is 3.78. The lowest BCUT2D eigenvalue weighted by atomic mass is 10.1. The van der Waals surface area contributed by atoms with Crippen molar-refractivity contribution in [3.63, 3.8) is 0 Å². The number of likely N-dealkylation sites (N-methyl/N-ethyl adjacent to an activating group) is 1. The Morgan fingerprint density at radius 1 is 1.37 bits per heavy atom. The molecule has 0 spiro atoms. The highest BCUT2D eigenvalue weighted by atomic mass is 16.2. The van der Waals surface area contributed by atoms with Gasteiger partial charge in [-0.1, -0.05) is 24.3 Å². The molecule has 19 heavy (non-hydrogen) atoms. The number of hydrogen-bond acceptors (Lipinski definition) is 3. The molecule has 0 saturated carbocycles. The minimum absolute atomic E-state index is 0.00509. The van der Waals surface area contributed by atoms with Crippen LogP contribution in [0, 0.1) is 0 Å². The van der Waals surface area contributed by atoms with Crippen LogP contribution in [0.5, 0.6) is 0 Å². The number of aromatic nitrogens is 1. The molecule has 4 nitrogen and oxygen atoms in total. The fourth-order valence-electron chi connectivity index (χ4n) is 2.59. The number of nitrogens with one attached hydrogen (secondary N) is 1. The first-order valence-corrected chi connectivity index (χ1v) is 6.59. The molecule has 1 aromatic carbocycles. The van der Waals surface area contributed by atoms with E-state index >= 15 is 0 Å². The molecular formula is C15H17N3O. The van der Waals surface area contributed by atoms with E-state index in [1.807, 2.05) is 42.3 Å². The molecule has 0 bridgehead atoms. The summed E-state index contributed by atoms with van der Waals surface area (Å²) in [7, 11) is 1.86. The normalized spacial score (nSPS) is 18.7. The van der Waals surface area contributed by atoms with Gasteiger partial charge in [0.1, 0.15) is 5.69 Å². The molecule has 2 aromatic rings. The lowest BCUT2D eigenvalue weighted by Crippen LogP contribution is -2.38. The molecule has 1 atom stereocenters. The summed E-state index contributed by atoms with van der Waals surface area (Å²) in [5, 5.41) is 5.26. The van der Waals surface area contributed by atoms with E-state index in [-0.39, 0.29) is 11.9 Å². The van der Waals surface area contributed by atoms with Crippen LogP contribution in [0.25, 0.3) is 10.8 Å². The third kappa shape index (κ3) is 2.19. The molecule has 1 aliphatic heterocycles. The van der Waals surface area contributed by atoms with Gasteiger partial charge in [-0.25, -0.2) is 0 Å². The number of carbonyl (C=O) groups excluding carboxylic acids is 1. The molecule has 98 valence electrons. The first-order valence-electron chi connectivity index (χ1n) is 6.59. The highest BCUT2D eigenvalue weighted by Crippen LogP contribution is 2.19. The van der Waals surface area contributed by atoms with Gasteiger partial charge in [-0.05, 0) is 24.4 Å². The standard InChI is InChI=1S/C15H17N3O/c1-18(12-7-8-16-10-12)15(19)14-13-5-3-2-4-11(13)6-9-17-14/h2-6,9,12,16H,7-8,10H2,1H3. The lowest BCUT2D eigenvalue weighted by molar-refractivity contribution is 0.0740. The zero-order valence-corrected chi connectivity index (χ0v) is 11.0. The van der Waals surface area contributed by atoms with Gasteiger partial charge < -0.3 is 10.2 Å². The van der Waals surface area contributed by atoms with Gasteiger partial charge in [0.15, 0.2) is 0 Å². The largest absolute Gasteiger partial charge is 0.336 e. The Morgan fingerprint density at radius 3 is 3.00 bits per heavy atom. The van der Waals surface area contributed by atoms with Gasteiger partial charge in [-0.3, -0.25) is 9.78 Å². The van der Waals surface area contributed by atoms with Crippen LogP contribution in [-0.4, -0.2) is 42.0 Å². The zero-order valence-electron chi connectivity index (χ0n) is 11.0. The van der Waals surface area contributed by atoms with Crippen molar-refractivity contribution in [2.75, 3.05) is 20.1 Å². The third-order valence-electron chi connectivity index (χ3n) is 3.78. The van der Waals surface area contributed by atoms with Gasteiger partial charge in [-0.15, -0.1) is 0 Å². The predicted molar refractivity (Wildman–Crippen MR) is 75.1 cm³/mol. The van der Waals surface area contributed by atoms with Crippen molar-refractivity contribution in [3.05, 3.63) is 42.2 Å². The Hall–Kier alpha value is -1.94. The number of carbonyl (C=O) groups is 1. The minimum Gasteiger partial charge on any atom is -0.336 e. The van der Waals surface area contributed by atoms with Crippen LogP contribution >= 0.6 is 0 Å². The van der Waals surface area contributed by atoms with E-state index in [1.165, 1.54) is 0 Å². The first-order chi connectivity index (χ1) is 9.27. The van der Waals surface area contributed by atoms with Gasteiger partial charge in [0.25, 0.3) is 5.91 Å². The predicted octanol–water partition coefficient (Wildman–Crippen LogP) is 1.67. The molecule has 0 aliphatic carbocycles. The topological polar surface area (TPSA) is 45.2 Å². The second kappa shape index (κ2) is 4.97. The molecule has 3 rings (SSSR count). The van der Waals surface area contributed by atoms with E-state index in [4.69, 9.17) is 0 Å². The van der Waals surface area contributed by atoms with Crippen LogP contribution in [-0.2, 0) is 0 Å². The van der Waals surface area contributed by atoms with Gasteiger partial charge in [-0.2, -0.15) is 0 Å². The molecule has 1 aliphatic rings. The smallest absolute Gasteiger partial charge is 0.273 e. The molecule has 1 aromatic heterocycles. The highest BCUT2D eigenvalue weighted by molar-refractivity contribution is 6.05. The summed E-state index contributed by atoms with van der Waals surface area (Å²) >= 11 is 0. The van der Waals surface area contributed by atoms with Gasteiger partial charge >= 0.3 is 0 Å². The number of fused-ring (bicyclic) bond motifs is 1. The van der Waals surface area contributed by atoms with Crippen molar-refractivity contribution < 1.29 is 4.79 Å². The van der Waals surface area contributed by atoms with Crippen LogP contribution in [0.4, 0.5) is 0 Å². The average molecular weight is 255 g/mol. The highest BCUT2D eigenvalue weighted by Gasteiger charge is 2.25. The van der Waals surface area contributed by atoms with E-state index < -0.39 is 0 Å². The summed E-state index contributed by atoms with van der Waals surface area (Å²) in [6, 6.07) is 10.1. The zero-order chi connectivity index (χ0) is 13.2. The number of pyridine rings is 1. The summed E-state index contributed by atoms with van der Waals surface area (Å²) < 4.78 is 0. The van der Waals surface area contributed by atoms with Crippen molar-refractivity contribution in [2.24, 2.45) is 0 Å². The number of benzene rings is 1. The molecule has 1 fully saturated rings. The Balaban J connectivity index is 1.97. The van der Waals surface area contributed by atoms with Crippen LogP contribution in [0.1, 0.15) is 16.9 Å². The average Bonchev–Trinajstić information content (AvgIpc) is 2.99. The van der Waals surface area contributed by atoms with E-state index in [0.717, 1.165) is 30.3 Å². The maximum Gasteiger partial charge on any atom is 0.273 e. The van der Waals surface area contributed by atoms with E-state index in [1.54, 1.807) is 6.20 Å². The molecular weight excluding hydrogens is 238 g/mol. The molecule has 1 saturated heterocycles. The Morgan fingerprint density at radius 2 is 2.21 bits per heavy atom.